The van der Waals surface area contributed by atoms with Gasteiger partial charge in [-0.1, -0.05) is 78.9 Å². The lowest BCUT2D eigenvalue weighted by molar-refractivity contribution is -0.340. The van der Waals surface area contributed by atoms with Crippen LogP contribution >= 0.6 is 0 Å². The molecule has 5 rings (SSSR count). The molecule has 0 bridgehead atoms. The monoisotopic (exact) mass is 475 g/mol. The highest BCUT2D eigenvalue weighted by atomic mass is 16.6. The Bertz CT molecular complexity index is 1600. The zero-order valence-corrected chi connectivity index (χ0v) is 18.9. The zero-order chi connectivity index (χ0) is 24.9. The van der Waals surface area contributed by atoms with E-state index >= 15 is 0 Å². The number of hydrogen-bond acceptors (Lipinski definition) is 6. The van der Waals surface area contributed by atoms with Crippen LogP contribution in [-0.2, 0) is 4.79 Å². The minimum absolute atomic E-state index is 0.115. The lowest BCUT2D eigenvalue weighted by atomic mass is 10.1. The number of para-hydroxylation sites is 1. The van der Waals surface area contributed by atoms with Crippen LogP contribution in [0.5, 0.6) is 11.5 Å². The Morgan fingerprint density at radius 2 is 1.36 bits per heavy atom. The van der Waals surface area contributed by atoms with Gasteiger partial charge in [0.2, 0.25) is 0 Å². The van der Waals surface area contributed by atoms with Crippen LogP contribution < -0.4 is 20.0 Å². The van der Waals surface area contributed by atoms with E-state index in [-0.39, 0.29) is 22.3 Å². The van der Waals surface area contributed by atoms with Gasteiger partial charge in [-0.05, 0) is 35.4 Å². The van der Waals surface area contributed by atoms with Crippen molar-refractivity contribution in [2.75, 3.05) is 0 Å². The van der Waals surface area contributed by atoms with Crippen LogP contribution in [0.4, 0.5) is 0 Å². The van der Waals surface area contributed by atoms with Crippen molar-refractivity contribution in [3.63, 3.8) is 0 Å². The SMILES string of the molecule is O=C(Oc1ccc2c(=O)c(-c3ccccc3)coc2c1)/C(=C(\[O-])Oc1ccccc1)c1ccccc1. The molecular weight excluding hydrogens is 456 g/mol. The van der Waals surface area contributed by atoms with E-state index in [4.69, 9.17) is 13.9 Å². The van der Waals surface area contributed by atoms with Gasteiger partial charge in [-0.2, -0.15) is 0 Å². The van der Waals surface area contributed by atoms with Gasteiger partial charge in [0.15, 0.2) is 5.43 Å². The summed E-state index contributed by atoms with van der Waals surface area (Å²) in [6, 6.07) is 30.5. The van der Waals surface area contributed by atoms with Gasteiger partial charge in [-0.25, -0.2) is 4.79 Å². The number of hydrogen-bond donors (Lipinski definition) is 0. The van der Waals surface area contributed by atoms with E-state index in [1.807, 2.05) is 30.3 Å². The van der Waals surface area contributed by atoms with Crippen LogP contribution in [0.25, 0.3) is 27.7 Å². The quantitative estimate of drug-likeness (QED) is 0.146. The van der Waals surface area contributed by atoms with E-state index in [9.17, 15) is 14.7 Å². The fourth-order valence-corrected chi connectivity index (χ4v) is 3.72. The summed E-state index contributed by atoms with van der Waals surface area (Å²) >= 11 is 0. The molecule has 0 fully saturated rings. The van der Waals surface area contributed by atoms with E-state index in [1.165, 1.54) is 24.5 Å². The molecule has 4 aromatic carbocycles. The number of ether oxygens (including phenoxy) is 2. The number of benzene rings is 4. The summed E-state index contributed by atoms with van der Waals surface area (Å²) in [6.45, 7) is 0. The maximum atomic E-state index is 13.1. The van der Waals surface area contributed by atoms with Crippen LogP contribution in [0, 0.1) is 0 Å². The third kappa shape index (κ3) is 4.74. The van der Waals surface area contributed by atoms with Crippen molar-refractivity contribution in [1.82, 2.24) is 0 Å². The molecule has 0 atom stereocenters. The molecule has 1 aromatic heterocycles. The topological polar surface area (TPSA) is 88.8 Å². The van der Waals surface area contributed by atoms with Crippen molar-refractivity contribution >= 4 is 22.5 Å². The second-order valence-electron chi connectivity index (χ2n) is 7.84. The first-order chi connectivity index (χ1) is 17.6. The molecule has 0 saturated heterocycles. The fraction of sp³-hybridized carbons (Fsp3) is 0. The predicted molar refractivity (Wildman–Crippen MR) is 134 cm³/mol. The van der Waals surface area contributed by atoms with Crippen molar-refractivity contribution in [2.45, 2.75) is 0 Å². The molecule has 0 aliphatic rings. The fourth-order valence-electron chi connectivity index (χ4n) is 3.72. The highest BCUT2D eigenvalue weighted by Gasteiger charge is 2.18. The van der Waals surface area contributed by atoms with E-state index in [2.05, 4.69) is 0 Å². The summed E-state index contributed by atoms with van der Waals surface area (Å²) in [6.07, 6.45) is 1.38. The highest BCUT2D eigenvalue weighted by molar-refractivity contribution is 6.17. The molecule has 0 aliphatic carbocycles. The molecule has 1 heterocycles. The summed E-state index contributed by atoms with van der Waals surface area (Å²) in [5.74, 6) is -1.34. The second-order valence-corrected chi connectivity index (χ2v) is 7.84. The van der Waals surface area contributed by atoms with E-state index < -0.39 is 11.9 Å². The third-order valence-electron chi connectivity index (χ3n) is 5.47. The molecule has 0 saturated carbocycles. The van der Waals surface area contributed by atoms with Crippen LogP contribution in [0.1, 0.15) is 5.56 Å². The number of carbonyl (C=O) groups excluding carboxylic acids is 1. The Balaban J connectivity index is 1.47. The van der Waals surface area contributed by atoms with E-state index in [0.29, 0.717) is 22.3 Å². The minimum Gasteiger partial charge on any atom is -0.579 e. The number of esters is 1. The lowest BCUT2D eigenvalue weighted by Crippen LogP contribution is -2.21. The first-order valence-corrected chi connectivity index (χ1v) is 11.1. The average Bonchev–Trinajstić information content (AvgIpc) is 2.91. The molecule has 0 aliphatic heterocycles. The Morgan fingerprint density at radius 3 is 2.06 bits per heavy atom. The van der Waals surface area contributed by atoms with Gasteiger partial charge in [0, 0.05) is 11.8 Å². The Labute approximate surface area is 206 Å². The Hall–Kier alpha value is -5.10. The molecule has 5 aromatic rings. The third-order valence-corrected chi connectivity index (χ3v) is 5.47. The van der Waals surface area contributed by atoms with Crippen LogP contribution in [0.15, 0.2) is 131 Å². The predicted octanol–water partition coefficient (Wildman–Crippen LogP) is 5.17. The van der Waals surface area contributed by atoms with Gasteiger partial charge < -0.3 is 19.0 Å². The maximum absolute atomic E-state index is 13.1. The van der Waals surface area contributed by atoms with Gasteiger partial charge in [-0.15, -0.1) is 0 Å². The second kappa shape index (κ2) is 10.0. The highest BCUT2D eigenvalue weighted by Crippen LogP contribution is 2.26. The molecule has 0 amide bonds. The molecule has 36 heavy (non-hydrogen) atoms. The van der Waals surface area contributed by atoms with Crippen molar-refractivity contribution in [1.29, 1.82) is 0 Å². The molecule has 6 nitrogen and oxygen atoms in total. The molecule has 6 heteroatoms. The molecule has 0 unspecified atom stereocenters. The zero-order valence-electron chi connectivity index (χ0n) is 18.9. The summed E-state index contributed by atoms with van der Waals surface area (Å²) in [5, 5.41) is 13.3. The summed E-state index contributed by atoms with van der Waals surface area (Å²) < 4.78 is 16.6. The lowest BCUT2D eigenvalue weighted by Gasteiger charge is -2.20. The van der Waals surface area contributed by atoms with Crippen LogP contribution in [0.3, 0.4) is 0 Å². The minimum atomic E-state index is -0.898. The molecule has 176 valence electrons. The van der Waals surface area contributed by atoms with Crippen molar-refractivity contribution in [3.05, 3.63) is 137 Å². The summed E-state index contributed by atoms with van der Waals surface area (Å²) in [7, 11) is 0. The van der Waals surface area contributed by atoms with Gasteiger partial charge in [0.25, 0.3) is 0 Å². The molecule has 0 N–H and O–H groups in total. The van der Waals surface area contributed by atoms with Crippen LogP contribution in [0.2, 0.25) is 0 Å². The summed E-state index contributed by atoms with van der Waals surface area (Å²) in [5.41, 5.74) is 1.30. The maximum Gasteiger partial charge on any atom is 0.345 e. The van der Waals surface area contributed by atoms with Gasteiger partial charge in [-0.3, -0.25) is 4.79 Å². The van der Waals surface area contributed by atoms with E-state index in [1.54, 1.807) is 60.7 Å². The number of fused-ring (bicyclic) bond motifs is 1. The summed E-state index contributed by atoms with van der Waals surface area (Å²) in [4.78, 5) is 26.1. The van der Waals surface area contributed by atoms with Crippen LogP contribution in [-0.4, -0.2) is 5.97 Å². The average molecular weight is 475 g/mol. The van der Waals surface area contributed by atoms with Crippen molar-refractivity contribution in [3.8, 4) is 22.6 Å². The molecular formula is C30H19O6-. The van der Waals surface area contributed by atoms with Crippen molar-refractivity contribution in [2.24, 2.45) is 0 Å². The smallest absolute Gasteiger partial charge is 0.345 e. The number of rotatable bonds is 6. The standard InChI is InChI=1S/C30H20O6/c31-28-24-17-16-23(18-26(24)34-19-25(28)20-10-4-1-5-11-20)36-30(33)27(21-12-6-2-7-13-21)29(32)35-22-14-8-3-9-15-22/h1-19,32H/p-1/b29-27+. The van der Waals surface area contributed by atoms with Gasteiger partial charge in [0.1, 0.15) is 17.6 Å². The molecule has 0 radical (unpaired) electrons. The largest absolute Gasteiger partial charge is 0.579 e. The normalized spacial score (nSPS) is 11.6. The number of carbonyl (C=O) groups is 1. The Kier molecular flexibility index (Phi) is 6.32. The first-order valence-electron chi connectivity index (χ1n) is 11.1. The Morgan fingerprint density at radius 1 is 0.722 bits per heavy atom. The first kappa shape index (κ1) is 22.7. The van der Waals surface area contributed by atoms with Gasteiger partial charge in [0.05, 0.1) is 22.5 Å². The van der Waals surface area contributed by atoms with Gasteiger partial charge >= 0.3 is 5.97 Å². The van der Waals surface area contributed by atoms with Crippen molar-refractivity contribution < 1.29 is 23.8 Å². The molecule has 0 spiro atoms. The van der Waals surface area contributed by atoms with E-state index in [0.717, 1.165) is 5.56 Å².